The van der Waals surface area contributed by atoms with Gasteiger partial charge in [0.1, 0.15) is 10.7 Å². The van der Waals surface area contributed by atoms with Gasteiger partial charge < -0.3 is 10.2 Å². The summed E-state index contributed by atoms with van der Waals surface area (Å²) in [5, 5.41) is 2.81. The zero-order valence-corrected chi connectivity index (χ0v) is 12.8. The van der Waals surface area contributed by atoms with Gasteiger partial charge in [0.25, 0.3) is 0 Å². The highest BCUT2D eigenvalue weighted by molar-refractivity contribution is 7.89. The van der Waals surface area contributed by atoms with Gasteiger partial charge in [0.2, 0.25) is 10.0 Å². The van der Waals surface area contributed by atoms with Crippen LogP contribution in [0.2, 0.25) is 0 Å². The number of pyridine rings is 1. The lowest BCUT2D eigenvalue weighted by Gasteiger charge is -2.14. The zero-order valence-electron chi connectivity index (χ0n) is 12.0. The molecule has 0 aromatic carbocycles. The van der Waals surface area contributed by atoms with Gasteiger partial charge in [-0.2, -0.15) is 0 Å². The second kappa shape index (κ2) is 6.51. The lowest BCUT2D eigenvalue weighted by atomic mass is 10.1. The fourth-order valence-corrected chi connectivity index (χ4v) is 3.74. The molecular weight excluding hydrogens is 276 g/mol. The number of anilines is 1. The Morgan fingerprint density at radius 3 is 2.95 bits per heavy atom. The highest BCUT2D eigenvalue weighted by Crippen LogP contribution is 2.19. The molecule has 1 aliphatic rings. The molecule has 1 aromatic rings. The first-order valence-corrected chi connectivity index (χ1v) is 8.40. The van der Waals surface area contributed by atoms with Gasteiger partial charge in [-0.25, -0.2) is 18.1 Å². The van der Waals surface area contributed by atoms with Crippen molar-refractivity contribution in [3.05, 3.63) is 18.3 Å². The minimum atomic E-state index is -3.51. The smallest absolute Gasteiger partial charge is 0.244 e. The van der Waals surface area contributed by atoms with Crippen molar-refractivity contribution in [1.82, 2.24) is 14.6 Å². The minimum Gasteiger partial charge on any atom is -0.372 e. The standard InChI is InChI=1S/C13H22N4O2S/c1-3-17-8-6-11(10-17)9-16-20(18,19)12-5-4-7-15-13(12)14-2/h4-5,7,11,16H,3,6,8-10H2,1-2H3,(H,14,15). The van der Waals surface area contributed by atoms with E-state index >= 15 is 0 Å². The number of aromatic nitrogens is 1. The van der Waals surface area contributed by atoms with Gasteiger partial charge in [-0.05, 0) is 37.6 Å². The van der Waals surface area contributed by atoms with Crippen LogP contribution in [0.1, 0.15) is 13.3 Å². The molecule has 1 unspecified atom stereocenters. The lowest BCUT2D eigenvalue weighted by molar-refractivity contribution is 0.342. The molecule has 1 saturated heterocycles. The summed E-state index contributed by atoms with van der Waals surface area (Å²) < 4.78 is 27.3. The van der Waals surface area contributed by atoms with Crippen molar-refractivity contribution in [3.63, 3.8) is 0 Å². The van der Waals surface area contributed by atoms with Crippen molar-refractivity contribution in [2.24, 2.45) is 5.92 Å². The molecule has 6 nitrogen and oxygen atoms in total. The Kier molecular flexibility index (Phi) is 4.95. The van der Waals surface area contributed by atoms with Crippen molar-refractivity contribution in [3.8, 4) is 0 Å². The Bertz CT molecular complexity index is 547. The molecule has 2 heterocycles. The third kappa shape index (κ3) is 3.47. The summed E-state index contributed by atoms with van der Waals surface area (Å²) in [5.41, 5.74) is 0. The van der Waals surface area contributed by atoms with Crippen LogP contribution >= 0.6 is 0 Å². The molecule has 0 spiro atoms. The molecule has 0 bridgehead atoms. The maximum absolute atomic E-state index is 12.3. The summed E-state index contributed by atoms with van der Waals surface area (Å²) in [7, 11) is -1.84. The van der Waals surface area contributed by atoms with Crippen LogP contribution in [0.15, 0.2) is 23.2 Å². The first-order valence-electron chi connectivity index (χ1n) is 6.91. The van der Waals surface area contributed by atoms with E-state index in [0.29, 0.717) is 18.3 Å². The number of rotatable bonds is 6. The summed E-state index contributed by atoms with van der Waals surface area (Å²) in [6.45, 7) is 5.65. The average Bonchev–Trinajstić information content (AvgIpc) is 2.93. The fraction of sp³-hybridized carbons (Fsp3) is 0.615. The first-order chi connectivity index (χ1) is 9.56. The summed E-state index contributed by atoms with van der Waals surface area (Å²) in [4.78, 5) is 6.57. The topological polar surface area (TPSA) is 74.3 Å². The normalized spacial score (nSPS) is 20.2. The first kappa shape index (κ1) is 15.2. The number of nitrogens with one attached hydrogen (secondary N) is 2. The van der Waals surface area contributed by atoms with E-state index in [1.807, 2.05) is 0 Å². The van der Waals surface area contributed by atoms with Crippen LogP contribution in [0.3, 0.4) is 0 Å². The Balaban J connectivity index is 2.01. The van der Waals surface area contributed by atoms with Gasteiger partial charge in [-0.1, -0.05) is 6.92 Å². The quantitative estimate of drug-likeness (QED) is 0.810. The Labute approximate surface area is 120 Å². The van der Waals surface area contributed by atoms with Crippen LogP contribution < -0.4 is 10.0 Å². The molecule has 112 valence electrons. The lowest BCUT2D eigenvalue weighted by Crippen LogP contribution is -2.31. The molecule has 0 aliphatic carbocycles. The van der Waals surface area contributed by atoms with E-state index in [0.717, 1.165) is 26.1 Å². The predicted molar refractivity (Wildman–Crippen MR) is 79.2 cm³/mol. The summed E-state index contributed by atoms with van der Waals surface area (Å²) in [6, 6.07) is 3.19. The van der Waals surface area contributed by atoms with Crippen molar-refractivity contribution in [1.29, 1.82) is 0 Å². The molecule has 0 saturated carbocycles. The highest BCUT2D eigenvalue weighted by Gasteiger charge is 2.24. The Morgan fingerprint density at radius 1 is 1.50 bits per heavy atom. The van der Waals surface area contributed by atoms with Crippen molar-refractivity contribution in [2.75, 3.05) is 38.5 Å². The average molecular weight is 298 g/mol. The van der Waals surface area contributed by atoms with Gasteiger partial charge in [0, 0.05) is 26.3 Å². The van der Waals surface area contributed by atoms with Crippen LogP contribution in [-0.2, 0) is 10.0 Å². The summed E-state index contributed by atoms with van der Waals surface area (Å²) in [6.07, 6.45) is 2.61. The molecule has 1 atom stereocenters. The van der Waals surface area contributed by atoms with E-state index in [1.165, 1.54) is 0 Å². The van der Waals surface area contributed by atoms with Crippen LogP contribution in [0.25, 0.3) is 0 Å². The second-order valence-electron chi connectivity index (χ2n) is 5.00. The number of hydrogen-bond acceptors (Lipinski definition) is 5. The maximum atomic E-state index is 12.3. The summed E-state index contributed by atoms with van der Waals surface area (Å²) >= 11 is 0. The molecule has 2 rings (SSSR count). The largest absolute Gasteiger partial charge is 0.372 e. The van der Waals surface area contributed by atoms with Gasteiger partial charge in [-0.3, -0.25) is 0 Å². The third-order valence-corrected chi connectivity index (χ3v) is 5.13. The Hall–Kier alpha value is -1.18. The molecule has 0 amide bonds. The second-order valence-corrected chi connectivity index (χ2v) is 6.74. The number of likely N-dealkylation sites (tertiary alicyclic amines) is 1. The van der Waals surface area contributed by atoms with E-state index < -0.39 is 10.0 Å². The van der Waals surface area contributed by atoms with Gasteiger partial charge in [0.15, 0.2) is 0 Å². The molecule has 1 aliphatic heterocycles. The number of nitrogens with zero attached hydrogens (tertiary/aromatic N) is 2. The van der Waals surface area contributed by atoms with Crippen LogP contribution in [0.5, 0.6) is 0 Å². The van der Waals surface area contributed by atoms with Gasteiger partial charge in [0.05, 0.1) is 0 Å². The molecule has 1 aromatic heterocycles. The van der Waals surface area contributed by atoms with Crippen molar-refractivity contribution in [2.45, 2.75) is 18.2 Å². The predicted octanol–water partition coefficient (Wildman–Crippen LogP) is 0.743. The SMILES string of the molecule is CCN1CCC(CNS(=O)(=O)c2cccnc2NC)C1. The van der Waals surface area contributed by atoms with Crippen LogP contribution in [0.4, 0.5) is 5.82 Å². The van der Waals surface area contributed by atoms with E-state index in [-0.39, 0.29) is 4.90 Å². The Morgan fingerprint density at radius 2 is 2.30 bits per heavy atom. The van der Waals surface area contributed by atoms with Gasteiger partial charge >= 0.3 is 0 Å². The van der Waals surface area contributed by atoms with E-state index in [2.05, 4.69) is 26.8 Å². The number of hydrogen-bond donors (Lipinski definition) is 2. The van der Waals surface area contributed by atoms with Crippen LogP contribution in [-0.4, -0.2) is 51.5 Å². The molecule has 1 fully saturated rings. The fourth-order valence-electron chi connectivity index (χ4n) is 2.47. The third-order valence-electron chi connectivity index (χ3n) is 3.68. The molecule has 7 heteroatoms. The maximum Gasteiger partial charge on any atom is 0.244 e. The summed E-state index contributed by atoms with van der Waals surface area (Å²) in [5.74, 6) is 0.765. The van der Waals surface area contributed by atoms with E-state index in [9.17, 15) is 8.42 Å². The van der Waals surface area contributed by atoms with Gasteiger partial charge in [-0.15, -0.1) is 0 Å². The van der Waals surface area contributed by atoms with E-state index in [1.54, 1.807) is 25.4 Å². The van der Waals surface area contributed by atoms with Crippen LogP contribution in [0, 0.1) is 5.92 Å². The number of sulfonamides is 1. The molecule has 20 heavy (non-hydrogen) atoms. The zero-order chi connectivity index (χ0) is 14.6. The minimum absolute atomic E-state index is 0.202. The molecule has 2 N–H and O–H groups in total. The van der Waals surface area contributed by atoms with Crippen molar-refractivity contribution >= 4 is 15.8 Å². The monoisotopic (exact) mass is 298 g/mol. The highest BCUT2D eigenvalue weighted by atomic mass is 32.2. The van der Waals surface area contributed by atoms with Crippen molar-refractivity contribution < 1.29 is 8.42 Å². The molecular formula is C13H22N4O2S. The molecule has 0 radical (unpaired) electrons. The van der Waals surface area contributed by atoms with E-state index in [4.69, 9.17) is 0 Å².